The van der Waals surface area contributed by atoms with Crippen molar-refractivity contribution in [2.24, 2.45) is 0 Å². The Kier molecular flexibility index (Phi) is 18.2. The van der Waals surface area contributed by atoms with Crippen LogP contribution in [0.15, 0.2) is 24.3 Å². The molecule has 1 rings (SSSR count). The highest BCUT2D eigenvalue weighted by Gasteiger charge is 2.17. The Morgan fingerprint density at radius 1 is 0.647 bits per heavy atom. The Hall–Kier alpha value is -1.84. The Bertz CT molecular complexity index is 644. The molecule has 0 aromatic heterocycles. The summed E-state index contributed by atoms with van der Waals surface area (Å²) in [5.41, 5.74) is 1.07. The second-order valence-corrected chi connectivity index (χ2v) is 9.61. The number of unbranched alkanes of at least 4 members (excludes halogenated alkanes) is 13. The average Bonchev–Trinajstić information content (AvgIpc) is 2.86. The summed E-state index contributed by atoms with van der Waals surface area (Å²) in [6, 6.07) is 7.09. The quantitative estimate of drug-likeness (QED) is 0.133. The maximum Gasteiger partial charge on any atom is 0.338 e. The number of amides is 1. The topological polar surface area (TPSA) is 46.6 Å². The van der Waals surface area contributed by atoms with E-state index in [0.29, 0.717) is 17.7 Å². The van der Waals surface area contributed by atoms with Crippen molar-refractivity contribution in [1.82, 2.24) is 4.90 Å². The summed E-state index contributed by atoms with van der Waals surface area (Å²) in [5, 5.41) is 0. The van der Waals surface area contributed by atoms with Gasteiger partial charge in [-0.1, -0.05) is 110 Å². The molecule has 0 N–H and O–H groups in total. The monoisotopic (exact) mass is 473 g/mol. The molecule has 0 saturated carbocycles. The zero-order valence-electron chi connectivity index (χ0n) is 22.4. The van der Waals surface area contributed by atoms with Gasteiger partial charge in [-0.25, -0.2) is 4.79 Å². The van der Waals surface area contributed by atoms with Crippen molar-refractivity contribution in [3.63, 3.8) is 0 Å². The van der Waals surface area contributed by atoms with E-state index in [2.05, 4.69) is 20.8 Å². The summed E-state index contributed by atoms with van der Waals surface area (Å²) in [4.78, 5) is 27.8. The molecule has 0 radical (unpaired) electrons. The van der Waals surface area contributed by atoms with Crippen LogP contribution in [0.25, 0.3) is 0 Å². The molecule has 194 valence electrons. The molecule has 1 aromatic rings. The fourth-order valence-corrected chi connectivity index (χ4v) is 4.22. The third-order valence-electron chi connectivity index (χ3n) is 6.43. The highest BCUT2D eigenvalue weighted by atomic mass is 16.5. The number of rotatable bonds is 21. The first-order valence-electron chi connectivity index (χ1n) is 14.2. The first-order chi connectivity index (χ1) is 16.6. The number of hydrogen-bond acceptors (Lipinski definition) is 3. The number of hydrogen-bond donors (Lipinski definition) is 0. The van der Waals surface area contributed by atoms with Crippen molar-refractivity contribution in [2.45, 2.75) is 124 Å². The lowest BCUT2D eigenvalue weighted by atomic mass is 10.1. The third kappa shape index (κ3) is 13.8. The highest BCUT2D eigenvalue weighted by Crippen LogP contribution is 2.14. The molecule has 4 heteroatoms. The van der Waals surface area contributed by atoms with Gasteiger partial charge >= 0.3 is 5.97 Å². The predicted octanol–water partition coefficient (Wildman–Crippen LogP) is 8.59. The number of carbonyl (C=O) groups is 2. The van der Waals surface area contributed by atoms with Gasteiger partial charge in [-0.3, -0.25) is 4.79 Å². The molecule has 0 saturated heterocycles. The molecule has 0 aliphatic carbocycles. The average molecular weight is 474 g/mol. The standard InChI is InChI=1S/C30H51NO3/c1-4-7-10-13-16-19-25-34-30(33)28-22-20-21-27(26-28)29(32)31(23-17-14-11-8-5-2)24-18-15-12-9-6-3/h20-22,26H,4-19,23-25H2,1-3H3. The minimum atomic E-state index is -0.325. The number of nitrogens with zero attached hydrogens (tertiary/aromatic N) is 1. The van der Waals surface area contributed by atoms with Crippen molar-refractivity contribution >= 4 is 11.9 Å². The molecular formula is C30H51NO3. The lowest BCUT2D eigenvalue weighted by molar-refractivity contribution is 0.0497. The van der Waals surface area contributed by atoms with Gasteiger partial charge in [-0.05, 0) is 37.5 Å². The van der Waals surface area contributed by atoms with Crippen molar-refractivity contribution < 1.29 is 14.3 Å². The minimum absolute atomic E-state index is 0.0385. The Labute approximate surface area is 209 Å². The zero-order chi connectivity index (χ0) is 24.9. The van der Waals surface area contributed by atoms with Gasteiger partial charge < -0.3 is 9.64 Å². The highest BCUT2D eigenvalue weighted by molar-refractivity contribution is 5.97. The van der Waals surface area contributed by atoms with Gasteiger partial charge in [0.2, 0.25) is 0 Å². The van der Waals surface area contributed by atoms with E-state index in [9.17, 15) is 9.59 Å². The van der Waals surface area contributed by atoms with Gasteiger partial charge in [-0.2, -0.15) is 0 Å². The molecule has 0 atom stereocenters. The summed E-state index contributed by atoms with van der Waals surface area (Å²) in [6.07, 6.45) is 18.8. The molecule has 34 heavy (non-hydrogen) atoms. The van der Waals surface area contributed by atoms with E-state index in [1.165, 1.54) is 64.2 Å². The summed E-state index contributed by atoms with van der Waals surface area (Å²) in [7, 11) is 0. The van der Waals surface area contributed by atoms with Crippen LogP contribution in [0, 0.1) is 0 Å². The van der Waals surface area contributed by atoms with Crippen molar-refractivity contribution in [2.75, 3.05) is 19.7 Å². The first-order valence-corrected chi connectivity index (χ1v) is 14.2. The number of esters is 1. The molecule has 0 spiro atoms. The Morgan fingerprint density at radius 3 is 1.68 bits per heavy atom. The lowest BCUT2D eigenvalue weighted by Crippen LogP contribution is -2.33. The van der Waals surface area contributed by atoms with Crippen molar-refractivity contribution in [3.8, 4) is 0 Å². The molecule has 0 bridgehead atoms. The fraction of sp³-hybridized carbons (Fsp3) is 0.733. The van der Waals surface area contributed by atoms with Crippen molar-refractivity contribution in [3.05, 3.63) is 35.4 Å². The molecule has 0 aliphatic heterocycles. The zero-order valence-corrected chi connectivity index (χ0v) is 22.4. The second kappa shape index (κ2) is 20.5. The van der Waals surface area contributed by atoms with Crippen LogP contribution in [-0.4, -0.2) is 36.5 Å². The predicted molar refractivity (Wildman–Crippen MR) is 144 cm³/mol. The van der Waals surface area contributed by atoms with Gasteiger partial charge in [0.1, 0.15) is 0 Å². The smallest absolute Gasteiger partial charge is 0.338 e. The normalized spacial score (nSPS) is 10.9. The Morgan fingerprint density at radius 2 is 1.12 bits per heavy atom. The van der Waals surface area contributed by atoms with Crippen LogP contribution in [-0.2, 0) is 4.74 Å². The summed E-state index contributed by atoms with van der Waals surface area (Å²) >= 11 is 0. The largest absolute Gasteiger partial charge is 0.462 e. The van der Waals surface area contributed by atoms with Gasteiger partial charge in [0.05, 0.1) is 12.2 Å². The molecule has 0 heterocycles. The van der Waals surface area contributed by atoms with Crippen LogP contribution >= 0.6 is 0 Å². The van der Waals surface area contributed by atoms with Crippen LogP contribution in [0.5, 0.6) is 0 Å². The van der Waals surface area contributed by atoms with E-state index in [1.807, 2.05) is 11.0 Å². The molecule has 0 fully saturated rings. The van der Waals surface area contributed by atoms with E-state index in [4.69, 9.17) is 4.74 Å². The van der Waals surface area contributed by atoms with E-state index in [1.54, 1.807) is 18.2 Å². The van der Waals surface area contributed by atoms with Crippen LogP contribution in [0.1, 0.15) is 144 Å². The van der Waals surface area contributed by atoms with Crippen LogP contribution in [0.4, 0.5) is 0 Å². The SMILES string of the molecule is CCCCCCCCOC(=O)c1cccc(C(=O)N(CCCCCCC)CCCCCCC)c1. The summed E-state index contributed by atoms with van der Waals surface area (Å²) in [6.45, 7) is 8.69. The Balaban J connectivity index is 2.61. The van der Waals surface area contributed by atoms with Crippen LogP contribution < -0.4 is 0 Å². The maximum atomic E-state index is 13.3. The van der Waals surface area contributed by atoms with Gasteiger partial charge in [0.25, 0.3) is 5.91 Å². The van der Waals surface area contributed by atoms with Crippen LogP contribution in [0.2, 0.25) is 0 Å². The molecule has 0 unspecified atom stereocenters. The van der Waals surface area contributed by atoms with Crippen LogP contribution in [0.3, 0.4) is 0 Å². The summed E-state index contributed by atoms with van der Waals surface area (Å²) < 4.78 is 5.47. The van der Waals surface area contributed by atoms with E-state index in [0.717, 1.165) is 51.6 Å². The fourth-order valence-electron chi connectivity index (χ4n) is 4.22. The molecule has 4 nitrogen and oxygen atoms in total. The maximum absolute atomic E-state index is 13.3. The van der Waals surface area contributed by atoms with E-state index < -0.39 is 0 Å². The number of ether oxygens (including phenoxy) is 1. The molecule has 1 amide bonds. The van der Waals surface area contributed by atoms with E-state index in [-0.39, 0.29) is 11.9 Å². The van der Waals surface area contributed by atoms with Gasteiger partial charge in [0, 0.05) is 18.7 Å². The summed E-state index contributed by atoms with van der Waals surface area (Å²) in [5.74, 6) is -0.287. The third-order valence-corrected chi connectivity index (χ3v) is 6.43. The number of carbonyl (C=O) groups excluding carboxylic acids is 2. The lowest BCUT2D eigenvalue weighted by Gasteiger charge is -2.23. The number of benzene rings is 1. The minimum Gasteiger partial charge on any atom is -0.462 e. The second-order valence-electron chi connectivity index (χ2n) is 9.61. The van der Waals surface area contributed by atoms with Crippen molar-refractivity contribution in [1.29, 1.82) is 0 Å². The van der Waals surface area contributed by atoms with Gasteiger partial charge in [-0.15, -0.1) is 0 Å². The first kappa shape index (κ1) is 30.2. The van der Waals surface area contributed by atoms with E-state index >= 15 is 0 Å². The molecule has 0 aliphatic rings. The molecule has 1 aromatic carbocycles. The van der Waals surface area contributed by atoms with Gasteiger partial charge in [0.15, 0.2) is 0 Å². The molecular weight excluding hydrogens is 422 g/mol.